The lowest BCUT2D eigenvalue weighted by Crippen LogP contribution is -2.11. The van der Waals surface area contributed by atoms with Crippen molar-refractivity contribution in [3.8, 4) is 0 Å². The molecule has 0 unspecified atom stereocenters. The van der Waals surface area contributed by atoms with Gasteiger partial charge in [0, 0.05) is 17.7 Å². The molecule has 1 aromatic rings. The first-order valence-electron chi connectivity index (χ1n) is 6.52. The highest BCUT2D eigenvalue weighted by Gasteiger charge is 2.14. The zero-order valence-electron chi connectivity index (χ0n) is 12.0. The van der Waals surface area contributed by atoms with Gasteiger partial charge in [-0.3, -0.25) is 0 Å². The second-order valence-corrected chi connectivity index (χ2v) is 7.65. The number of sulfone groups is 1. The van der Waals surface area contributed by atoms with Crippen molar-refractivity contribution in [1.82, 2.24) is 9.97 Å². The molecular formula is C12H19N3O4S2. The lowest BCUT2D eigenvalue weighted by Gasteiger charge is -2.06. The second-order valence-electron chi connectivity index (χ2n) is 4.11. The van der Waals surface area contributed by atoms with Gasteiger partial charge in [-0.05, 0) is 13.3 Å². The summed E-state index contributed by atoms with van der Waals surface area (Å²) in [5, 5.41) is 0.412. The van der Waals surface area contributed by atoms with Gasteiger partial charge in [0.1, 0.15) is 21.2 Å². The molecule has 1 rings (SSSR count). The summed E-state index contributed by atoms with van der Waals surface area (Å²) in [6.07, 6.45) is 1.84. The number of aromatic nitrogens is 2. The van der Waals surface area contributed by atoms with E-state index in [1.807, 2.05) is 0 Å². The predicted molar refractivity (Wildman–Crippen MR) is 82.1 cm³/mol. The van der Waals surface area contributed by atoms with Crippen molar-refractivity contribution in [3.05, 3.63) is 11.8 Å². The van der Waals surface area contributed by atoms with Gasteiger partial charge in [0.2, 0.25) is 0 Å². The van der Waals surface area contributed by atoms with Gasteiger partial charge in [-0.15, -0.1) is 0 Å². The van der Waals surface area contributed by atoms with Crippen LogP contribution in [0.4, 0.5) is 5.82 Å². The molecule has 9 heteroatoms. The van der Waals surface area contributed by atoms with E-state index in [1.54, 1.807) is 13.8 Å². The smallest absolute Gasteiger partial charge is 0.343 e. The summed E-state index contributed by atoms with van der Waals surface area (Å²) in [7, 11) is -2.95. The molecule has 0 spiro atoms. The van der Waals surface area contributed by atoms with Crippen LogP contribution < -0.4 is 5.73 Å². The van der Waals surface area contributed by atoms with E-state index in [1.165, 1.54) is 18.0 Å². The molecule has 0 aliphatic heterocycles. The van der Waals surface area contributed by atoms with Gasteiger partial charge in [-0.2, -0.15) is 0 Å². The van der Waals surface area contributed by atoms with Crippen molar-refractivity contribution < 1.29 is 17.9 Å². The normalized spacial score (nSPS) is 11.3. The third-order valence-electron chi connectivity index (χ3n) is 2.56. The number of thioether (sulfide) groups is 1. The fourth-order valence-corrected chi connectivity index (χ4v) is 3.22. The molecule has 0 aliphatic carbocycles. The van der Waals surface area contributed by atoms with Crippen LogP contribution in [-0.4, -0.2) is 48.2 Å². The maximum Gasteiger partial charge on any atom is 0.343 e. The first-order chi connectivity index (χ1) is 9.89. The minimum atomic E-state index is -2.95. The Balaban J connectivity index is 2.55. The Bertz CT molecular complexity index is 590. The van der Waals surface area contributed by atoms with E-state index in [-0.39, 0.29) is 29.5 Å². The van der Waals surface area contributed by atoms with Crippen LogP contribution in [0.3, 0.4) is 0 Å². The van der Waals surface area contributed by atoms with Gasteiger partial charge in [-0.25, -0.2) is 23.2 Å². The summed E-state index contributed by atoms with van der Waals surface area (Å²) in [5.74, 6) is 0.368. The van der Waals surface area contributed by atoms with Crippen LogP contribution in [0.15, 0.2) is 11.4 Å². The quantitative estimate of drug-likeness (QED) is 0.326. The Hall–Kier alpha value is -1.35. The molecule has 0 saturated heterocycles. The highest BCUT2D eigenvalue weighted by atomic mass is 32.2. The molecule has 7 nitrogen and oxygen atoms in total. The standard InChI is InChI=1S/C12H19N3O4S2/c1-3-19-11(16)9-8-14-12(15-10(9)13)20-6-5-7-21(17,18)4-2/h8H,3-7H2,1-2H3,(H2,13,14,15). The Morgan fingerprint density at radius 3 is 2.71 bits per heavy atom. The molecule has 0 aromatic carbocycles. The Kier molecular flexibility index (Phi) is 6.90. The molecule has 0 fully saturated rings. The molecule has 0 radical (unpaired) electrons. The molecule has 1 heterocycles. The molecule has 1 aromatic heterocycles. The highest BCUT2D eigenvalue weighted by Crippen LogP contribution is 2.18. The summed E-state index contributed by atoms with van der Waals surface area (Å²) in [6.45, 7) is 3.57. The van der Waals surface area contributed by atoms with Crippen molar-refractivity contribution in [2.75, 3.05) is 29.6 Å². The summed E-state index contributed by atoms with van der Waals surface area (Å²) in [5.41, 5.74) is 5.82. The number of esters is 1. The highest BCUT2D eigenvalue weighted by molar-refractivity contribution is 7.99. The van der Waals surface area contributed by atoms with E-state index in [2.05, 4.69) is 9.97 Å². The first kappa shape index (κ1) is 17.7. The molecule has 118 valence electrons. The van der Waals surface area contributed by atoms with Crippen LogP contribution in [0.5, 0.6) is 0 Å². The van der Waals surface area contributed by atoms with Crippen molar-refractivity contribution >= 4 is 33.4 Å². The van der Waals surface area contributed by atoms with Crippen molar-refractivity contribution in [1.29, 1.82) is 0 Å². The zero-order valence-corrected chi connectivity index (χ0v) is 13.7. The van der Waals surface area contributed by atoms with E-state index in [9.17, 15) is 13.2 Å². The Labute approximate surface area is 128 Å². The third kappa shape index (κ3) is 5.88. The van der Waals surface area contributed by atoms with Crippen LogP contribution in [0.25, 0.3) is 0 Å². The average Bonchev–Trinajstić information content (AvgIpc) is 2.44. The molecular weight excluding hydrogens is 314 g/mol. The van der Waals surface area contributed by atoms with Crippen molar-refractivity contribution in [3.63, 3.8) is 0 Å². The SMILES string of the molecule is CCOC(=O)c1cnc(SCCCS(=O)(=O)CC)nc1N. The number of hydrogen-bond donors (Lipinski definition) is 1. The van der Waals surface area contributed by atoms with E-state index in [4.69, 9.17) is 10.5 Å². The first-order valence-corrected chi connectivity index (χ1v) is 9.33. The van der Waals surface area contributed by atoms with E-state index in [0.29, 0.717) is 17.3 Å². The monoisotopic (exact) mass is 333 g/mol. The fourth-order valence-electron chi connectivity index (χ4n) is 1.40. The number of carbonyl (C=O) groups is 1. The van der Waals surface area contributed by atoms with Crippen molar-refractivity contribution in [2.45, 2.75) is 25.4 Å². The van der Waals surface area contributed by atoms with Gasteiger partial charge >= 0.3 is 5.97 Å². The number of rotatable bonds is 8. The number of ether oxygens (including phenoxy) is 1. The lowest BCUT2D eigenvalue weighted by atomic mass is 10.3. The summed E-state index contributed by atoms with van der Waals surface area (Å²) >= 11 is 1.30. The minimum absolute atomic E-state index is 0.0622. The van der Waals surface area contributed by atoms with Gasteiger partial charge < -0.3 is 10.5 Å². The fraction of sp³-hybridized carbons (Fsp3) is 0.583. The molecule has 21 heavy (non-hydrogen) atoms. The second kappa shape index (κ2) is 8.18. The van der Waals surface area contributed by atoms with Gasteiger partial charge in [0.15, 0.2) is 5.16 Å². The van der Waals surface area contributed by atoms with Gasteiger partial charge in [-0.1, -0.05) is 18.7 Å². The summed E-state index contributed by atoms with van der Waals surface area (Å²) in [4.78, 5) is 19.6. The maximum atomic E-state index is 11.5. The van der Waals surface area contributed by atoms with Crippen LogP contribution in [-0.2, 0) is 14.6 Å². The largest absolute Gasteiger partial charge is 0.462 e. The average molecular weight is 333 g/mol. The number of nitrogens with two attached hydrogens (primary N) is 1. The van der Waals surface area contributed by atoms with Crippen LogP contribution in [0.1, 0.15) is 30.6 Å². The summed E-state index contributed by atoms with van der Waals surface area (Å²) in [6, 6.07) is 0. The summed E-state index contributed by atoms with van der Waals surface area (Å²) < 4.78 is 27.5. The number of nitrogens with zero attached hydrogens (tertiary/aromatic N) is 2. The minimum Gasteiger partial charge on any atom is -0.462 e. The van der Waals surface area contributed by atoms with Gasteiger partial charge in [0.25, 0.3) is 0 Å². The van der Waals surface area contributed by atoms with Crippen LogP contribution >= 0.6 is 11.8 Å². The third-order valence-corrected chi connectivity index (χ3v) is 5.30. The van der Waals surface area contributed by atoms with Crippen LogP contribution in [0, 0.1) is 0 Å². The Morgan fingerprint density at radius 1 is 1.43 bits per heavy atom. The number of carbonyl (C=O) groups excluding carboxylic acids is 1. The van der Waals surface area contributed by atoms with E-state index in [0.717, 1.165) is 0 Å². The molecule has 0 bridgehead atoms. The molecule has 0 saturated carbocycles. The predicted octanol–water partition coefficient (Wildman–Crippen LogP) is 1.15. The number of nitrogen functional groups attached to an aromatic ring is 1. The topological polar surface area (TPSA) is 112 Å². The van der Waals surface area contributed by atoms with E-state index >= 15 is 0 Å². The Morgan fingerprint density at radius 2 is 2.14 bits per heavy atom. The van der Waals surface area contributed by atoms with Crippen molar-refractivity contribution in [2.24, 2.45) is 0 Å². The molecule has 2 N–H and O–H groups in total. The molecule has 0 aliphatic rings. The maximum absolute atomic E-state index is 11.5. The van der Waals surface area contributed by atoms with Gasteiger partial charge in [0.05, 0.1) is 12.4 Å². The van der Waals surface area contributed by atoms with E-state index < -0.39 is 15.8 Å². The molecule has 0 atom stereocenters. The lowest BCUT2D eigenvalue weighted by molar-refractivity contribution is 0.0526. The number of hydrogen-bond acceptors (Lipinski definition) is 8. The molecule has 0 amide bonds. The number of anilines is 1. The van der Waals surface area contributed by atoms with Crippen LogP contribution in [0.2, 0.25) is 0 Å². The zero-order chi connectivity index (χ0) is 15.9.